The molecule has 0 aliphatic carbocycles. The maximum Gasteiger partial charge on any atom is 0.269 e. The van der Waals surface area contributed by atoms with Crippen molar-refractivity contribution in [2.24, 2.45) is 0 Å². The fraction of sp³-hybridized carbons (Fsp3) is 0.250. The lowest BCUT2D eigenvalue weighted by atomic mass is 10.1. The number of hydrogen-bond acceptors (Lipinski definition) is 3. The monoisotopic (exact) mass is 348 g/mol. The molecule has 0 radical (unpaired) electrons. The van der Waals surface area contributed by atoms with Gasteiger partial charge in [-0.25, -0.2) is 0 Å². The number of nitro benzene ring substituents is 1. The Morgan fingerprint density at radius 1 is 1.24 bits per heavy atom. The number of hydrogen-bond donors (Lipinski definition) is 0. The third-order valence-electron chi connectivity index (χ3n) is 3.33. The summed E-state index contributed by atoms with van der Waals surface area (Å²) in [6.07, 6.45) is 0. The molecule has 0 aliphatic rings. The number of rotatable bonds is 5. The van der Waals surface area contributed by atoms with Gasteiger partial charge in [-0.15, -0.1) is 0 Å². The molecule has 0 bridgehead atoms. The number of alkyl halides is 1. The van der Waals surface area contributed by atoms with Crippen LogP contribution in [-0.4, -0.2) is 12.0 Å². The lowest BCUT2D eigenvalue weighted by molar-refractivity contribution is -0.384. The second-order valence-electron chi connectivity index (χ2n) is 5.05. The highest BCUT2D eigenvalue weighted by Gasteiger charge is 2.13. The highest BCUT2D eigenvalue weighted by molar-refractivity contribution is 9.08. The van der Waals surface area contributed by atoms with Crippen LogP contribution in [0.1, 0.15) is 16.7 Å². The number of nitrogens with zero attached hydrogens (tertiary/aromatic N) is 2. The molecule has 2 rings (SSSR count). The maximum atomic E-state index is 10.9. The van der Waals surface area contributed by atoms with Gasteiger partial charge in [0.1, 0.15) is 0 Å². The molecule has 0 atom stereocenters. The first kappa shape index (κ1) is 15.5. The molecular formula is C16H17BrN2O2. The molecule has 21 heavy (non-hydrogen) atoms. The smallest absolute Gasteiger partial charge is 0.269 e. The van der Waals surface area contributed by atoms with Gasteiger partial charge in [0.25, 0.3) is 5.69 Å². The first-order chi connectivity index (χ1) is 10.0. The molecule has 0 aromatic heterocycles. The second kappa shape index (κ2) is 6.72. The Morgan fingerprint density at radius 3 is 2.62 bits per heavy atom. The van der Waals surface area contributed by atoms with Crippen molar-refractivity contribution in [2.75, 3.05) is 11.9 Å². The predicted molar refractivity (Wildman–Crippen MR) is 89.0 cm³/mol. The number of halogens is 1. The Bertz CT molecular complexity index is 658. The molecule has 0 saturated heterocycles. The van der Waals surface area contributed by atoms with Crippen LogP contribution in [0.4, 0.5) is 11.4 Å². The van der Waals surface area contributed by atoms with Crippen LogP contribution in [0.5, 0.6) is 0 Å². The predicted octanol–water partition coefficient (Wildman–Crippen LogP) is 4.43. The van der Waals surface area contributed by atoms with Gasteiger partial charge in [-0.2, -0.15) is 0 Å². The summed E-state index contributed by atoms with van der Waals surface area (Å²) in [7, 11) is 2.00. The minimum atomic E-state index is -0.365. The number of aryl methyl sites for hydroxylation is 1. The highest BCUT2D eigenvalue weighted by atomic mass is 79.9. The summed E-state index contributed by atoms with van der Waals surface area (Å²) in [6, 6.07) is 13.3. The van der Waals surface area contributed by atoms with E-state index in [0.29, 0.717) is 5.33 Å². The van der Waals surface area contributed by atoms with E-state index in [0.717, 1.165) is 17.8 Å². The van der Waals surface area contributed by atoms with Crippen LogP contribution in [0, 0.1) is 17.0 Å². The number of anilines is 1. The summed E-state index contributed by atoms with van der Waals surface area (Å²) in [4.78, 5) is 12.6. The van der Waals surface area contributed by atoms with Gasteiger partial charge in [-0.1, -0.05) is 45.8 Å². The van der Waals surface area contributed by atoms with Crippen molar-refractivity contribution in [1.29, 1.82) is 0 Å². The van der Waals surface area contributed by atoms with Gasteiger partial charge < -0.3 is 4.90 Å². The molecule has 0 saturated carbocycles. The van der Waals surface area contributed by atoms with Crippen molar-refractivity contribution in [1.82, 2.24) is 0 Å². The molecule has 2 aromatic carbocycles. The number of benzene rings is 2. The van der Waals surface area contributed by atoms with E-state index in [1.807, 2.05) is 19.2 Å². The van der Waals surface area contributed by atoms with Crippen LogP contribution in [0.15, 0.2) is 42.5 Å². The van der Waals surface area contributed by atoms with E-state index < -0.39 is 0 Å². The average Bonchev–Trinajstić information content (AvgIpc) is 2.46. The Hall–Kier alpha value is -1.88. The van der Waals surface area contributed by atoms with Gasteiger partial charge in [0, 0.05) is 36.7 Å². The Balaban J connectivity index is 2.26. The zero-order chi connectivity index (χ0) is 15.4. The van der Waals surface area contributed by atoms with Gasteiger partial charge in [0.05, 0.1) is 4.92 Å². The standard InChI is InChI=1S/C16H17BrN2O2/c1-12-4-3-5-13(8-12)11-18(2)16-7-6-15(19(20)21)9-14(16)10-17/h3-9H,10-11H2,1-2H3. The molecule has 0 aliphatic heterocycles. The minimum Gasteiger partial charge on any atom is -0.370 e. The van der Waals surface area contributed by atoms with E-state index in [1.54, 1.807) is 12.1 Å². The van der Waals surface area contributed by atoms with Crippen molar-refractivity contribution >= 4 is 27.3 Å². The van der Waals surface area contributed by atoms with Crippen LogP contribution in [-0.2, 0) is 11.9 Å². The first-order valence-corrected chi connectivity index (χ1v) is 7.73. The fourth-order valence-corrected chi connectivity index (χ4v) is 2.78. The Kier molecular flexibility index (Phi) is 4.96. The van der Waals surface area contributed by atoms with Crippen LogP contribution in [0.3, 0.4) is 0 Å². The lowest BCUT2D eigenvalue weighted by Crippen LogP contribution is -2.18. The zero-order valence-corrected chi connectivity index (χ0v) is 13.6. The molecule has 0 amide bonds. The van der Waals surface area contributed by atoms with Crippen LogP contribution in [0.2, 0.25) is 0 Å². The summed E-state index contributed by atoms with van der Waals surface area (Å²) >= 11 is 3.41. The molecule has 0 heterocycles. The van der Waals surface area contributed by atoms with Crippen molar-refractivity contribution < 1.29 is 4.92 Å². The fourth-order valence-electron chi connectivity index (χ4n) is 2.33. The molecule has 5 heteroatoms. The van der Waals surface area contributed by atoms with Crippen LogP contribution < -0.4 is 4.90 Å². The third kappa shape index (κ3) is 3.82. The lowest BCUT2D eigenvalue weighted by Gasteiger charge is -2.22. The van der Waals surface area contributed by atoms with Gasteiger partial charge >= 0.3 is 0 Å². The molecule has 2 aromatic rings. The van der Waals surface area contributed by atoms with Crippen LogP contribution in [0.25, 0.3) is 0 Å². The van der Waals surface area contributed by atoms with E-state index in [2.05, 4.69) is 46.0 Å². The molecule has 110 valence electrons. The van der Waals surface area contributed by atoms with Gasteiger partial charge in [-0.3, -0.25) is 10.1 Å². The van der Waals surface area contributed by atoms with Gasteiger partial charge in [0.2, 0.25) is 0 Å². The largest absolute Gasteiger partial charge is 0.370 e. The van der Waals surface area contributed by atoms with E-state index >= 15 is 0 Å². The third-order valence-corrected chi connectivity index (χ3v) is 3.94. The van der Waals surface area contributed by atoms with E-state index in [4.69, 9.17) is 0 Å². The van der Waals surface area contributed by atoms with Crippen molar-refractivity contribution in [3.8, 4) is 0 Å². The highest BCUT2D eigenvalue weighted by Crippen LogP contribution is 2.27. The second-order valence-corrected chi connectivity index (χ2v) is 5.61. The minimum absolute atomic E-state index is 0.122. The van der Waals surface area contributed by atoms with E-state index in [1.165, 1.54) is 11.1 Å². The Morgan fingerprint density at radius 2 is 2.00 bits per heavy atom. The molecule has 0 N–H and O–H groups in total. The maximum absolute atomic E-state index is 10.9. The summed E-state index contributed by atoms with van der Waals surface area (Å²) in [5.74, 6) is 0. The van der Waals surface area contributed by atoms with E-state index in [-0.39, 0.29) is 10.6 Å². The summed E-state index contributed by atoms with van der Waals surface area (Å²) in [5, 5.41) is 11.4. The average molecular weight is 349 g/mol. The number of nitro groups is 1. The zero-order valence-electron chi connectivity index (χ0n) is 12.0. The van der Waals surface area contributed by atoms with Crippen molar-refractivity contribution in [3.05, 3.63) is 69.3 Å². The quantitative estimate of drug-likeness (QED) is 0.456. The normalized spacial score (nSPS) is 10.4. The SMILES string of the molecule is Cc1cccc(CN(C)c2ccc([N+](=O)[O-])cc2CBr)c1. The van der Waals surface area contributed by atoms with Crippen LogP contribution >= 0.6 is 15.9 Å². The molecule has 0 spiro atoms. The Labute approximate surface area is 132 Å². The first-order valence-electron chi connectivity index (χ1n) is 6.61. The summed E-state index contributed by atoms with van der Waals surface area (Å²) < 4.78 is 0. The molecule has 0 unspecified atom stereocenters. The topological polar surface area (TPSA) is 46.4 Å². The van der Waals surface area contributed by atoms with Gasteiger partial charge in [0.15, 0.2) is 0 Å². The van der Waals surface area contributed by atoms with Crippen molar-refractivity contribution in [2.45, 2.75) is 18.8 Å². The van der Waals surface area contributed by atoms with Gasteiger partial charge in [-0.05, 0) is 24.1 Å². The molecule has 4 nitrogen and oxygen atoms in total. The van der Waals surface area contributed by atoms with Crippen molar-refractivity contribution in [3.63, 3.8) is 0 Å². The summed E-state index contributed by atoms with van der Waals surface area (Å²) in [5.41, 5.74) is 4.48. The molecule has 0 fully saturated rings. The molecular weight excluding hydrogens is 332 g/mol. The number of non-ortho nitro benzene ring substituents is 1. The summed E-state index contributed by atoms with van der Waals surface area (Å²) in [6.45, 7) is 2.83. The van der Waals surface area contributed by atoms with E-state index in [9.17, 15) is 10.1 Å².